The summed E-state index contributed by atoms with van der Waals surface area (Å²) in [5.41, 5.74) is 2.86. The topological polar surface area (TPSA) is 55.4 Å². The molecule has 0 saturated carbocycles. The third-order valence-electron chi connectivity index (χ3n) is 4.03. The van der Waals surface area contributed by atoms with Crippen LogP contribution >= 0.6 is 0 Å². The van der Waals surface area contributed by atoms with Crippen molar-refractivity contribution in [2.75, 3.05) is 11.9 Å². The number of anilines is 1. The number of esters is 1. The van der Waals surface area contributed by atoms with Crippen LogP contribution in [0, 0.1) is 0 Å². The normalized spacial score (nSPS) is 13.5. The van der Waals surface area contributed by atoms with Crippen LogP contribution in [0.1, 0.15) is 28.9 Å². The fourth-order valence-corrected chi connectivity index (χ4v) is 5.37. The number of ether oxygens (including phenoxy) is 1. The number of nitrogens with one attached hydrogen (secondary N) is 1. The van der Waals surface area contributed by atoms with E-state index in [9.17, 15) is 9.59 Å². The van der Waals surface area contributed by atoms with Crippen molar-refractivity contribution >= 4 is 40.3 Å². The Bertz CT molecular complexity index is 859. The van der Waals surface area contributed by atoms with E-state index in [1.165, 1.54) is 0 Å². The van der Waals surface area contributed by atoms with Gasteiger partial charge in [0, 0.05) is 0 Å². The van der Waals surface area contributed by atoms with Gasteiger partial charge in [-0.05, 0) is 0 Å². The van der Waals surface area contributed by atoms with Crippen molar-refractivity contribution in [1.82, 2.24) is 0 Å². The first-order valence-electron chi connectivity index (χ1n) is 8.53. The van der Waals surface area contributed by atoms with Crippen molar-refractivity contribution < 1.29 is 14.3 Å². The van der Waals surface area contributed by atoms with E-state index in [1.54, 1.807) is 25.1 Å². The first kappa shape index (κ1) is 18.5. The van der Waals surface area contributed by atoms with E-state index < -0.39 is 28.9 Å². The van der Waals surface area contributed by atoms with E-state index in [-0.39, 0.29) is 11.8 Å². The van der Waals surface area contributed by atoms with E-state index in [2.05, 4.69) is 13.0 Å². The molecule has 1 aliphatic heterocycles. The zero-order chi connectivity index (χ0) is 18.4. The van der Waals surface area contributed by atoms with Crippen LogP contribution in [0.2, 0.25) is 0 Å². The summed E-state index contributed by atoms with van der Waals surface area (Å²) >= 11 is -0.840. The van der Waals surface area contributed by atoms with Crippen LogP contribution in [0.3, 0.4) is 0 Å². The van der Waals surface area contributed by atoms with Gasteiger partial charge in [0.2, 0.25) is 0 Å². The average molecular weight is 448 g/mol. The zero-order valence-electron chi connectivity index (χ0n) is 14.5. The molecule has 3 rings (SSSR count). The van der Waals surface area contributed by atoms with Crippen molar-refractivity contribution in [1.29, 1.82) is 0 Å². The van der Waals surface area contributed by atoms with Crippen LogP contribution in [0.4, 0.5) is 5.69 Å². The van der Waals surface area contributed by atoms with Gasteiger partial charge in [-0.1, -0.05) is 0 Å². The predicted octanol–water partition coefficient (Wildman–Crippen LogP) is 3.70. The molecule has 0 aliphatic carbocycles. The summed E-state index contributed by atoms with van der Waals surface area (Å²) in [6.07, 6.45) is 1.94. The Morgan fingerprint density at radius 1 is 1.12 bits per heavy atom. The van der Waals surface area contributed by atoms with Gasteiger partial charge in [0.15, 0.2) is 0 Å². The summed E-state index contributed by atoms with van der Waals surface area (Å²) in [4.78, 5) is 25.0. The minimum atomic E-state index is -0.840. The molecule has 0 amide bonds. The van der Waals surface area contributed by atoms with E-state index in [4.69, 9.17) is 4.74 Å². The van der Waals surface area contributed by atoms with Crippen LogP contribution in [0.25, 0.3) is 0 Å². The van der Waals surface area contributed by atoms with Gasteiger partial charge in [0.25, 0.3) is 0 Å². The fourth-order valence-electron chi connectivity index (χ4n) is 2.77. The van der Waals surface area contributed by atoms with Crippen LogP contribution in [-0.4, -0.2) is 41.3 Å². The number of carbonyl (C=O) groups is 2. The molecule has 1 radical (unpaired) electrons. The number of hydrogen-bond acceptors (Lipinski definition) is 4. The van der Waals surface area contributed by atoms with Gasteiger partial charge in [-0.3, -0.25) is 0 Å². The number of Topliss-reactive ketones (excluding diaryl/α,β-unsaturated/α-hetero) is 1. The number of carbonyl (C=O) groups excluding carboxylic acids is 2. The molecule has 0 bridgehead atoms. The van der Waals surface area contributed by atoms with Crippen LogP contribution in [0.15, 0.2) is 73.9 Å². The van der Waals surface area contributed by atoms with Crippen LogP contribution in [-0.2, 0) is 9.53 Å². The van der Waals surface area contributed by atoms with E-state index >= 15 is 0 Å². The Morgan fingerprint density at radius 3 is 2.62 bits per heavy atom. The molecule has 5 heteroatoms. The Balaban J connectivity index is 1.89. The maximum atomic E-state index is 13.0. The van der Waals surface area contributed by atoms with E-state index in [1.807, 2.05) is 42.5 Å². The van der Waals surface area contributed by atoms with Crippen LogP contribution < -0.4 is 5.32 Å². The summed E-state index contributed by atoms with van der Waals surface area (Å²) in [7, 11) is 0. The van der Waals surface area contributed by atoms with Crippen molar-refractivity contribution in [3.05, 3.63) is 85.0 Å². The molecule has 26 heavy (non-hydrogen) atoms. The average Bonchev–Trinajstić information content (AvgIpc) is 3.21. The molecule has 129 valence electrons. The quantitative estimate of drug-likeness (QED) is 0.657. The van der Waals surface area contributed by atoms with Crippen LogP contribution in [0.5, 0.6) is 0 Å². The number of allylic oxidation sites excluding steroid dienone is 1. The van der Waals surface area contributed by atoms with Crippen molar-refractivity contribution in [2.24, 2.45) is 0 Å². The number of hydrogen-bond donors (Lipinski definition) is 1. The fraction of sp³-hybridized carbons (Fsp3) is 0.143. The van der Waals surface area contributed by atoms with Gasteiger partial charge in [-0.2, -0.15) is 0 Å². The first-order chi connectivity index (χ1) is 12.7. The molecule has 2 aromatic rings. The summed E-state index contributed by atoms with van der Waals surface area (Å²) in [5, 5.41) is 3.30. The molecule has 1 atom stereocenters. The second-order valence-corrected chi connectivity index (χ2v) is 8.98. The number of benzene rings is 2. The molecule has 2 aromatic carbocycles. The summed E-state index contributed by atoms with van der Waals surface area (Å²) < 4.78 is 9.33. The molecule has 1 aliphatic rings. The molecular formula is C21H19InNO3. The monoisotopic (exact) mass is 448 g/mol. The molecule has 4 nitrogen and oxygen atoms in total. The molecule has 1 N–H and O–H groups in total. The molecular weight excluding hydrogens is 429 g/mol. The Kier molecular flexibility index (Phi) is 6.34. The van der Waals surface area contributed by atoms with Gasteiger partial charge in [-0.25, -0.2) is 0 Å². The van der Waals surface area contributed by atoms with Crippen molar-refractivity contribution in [3.8, 4) is 0 Å². The van der Waals surface area contributed by atoms with Gasteiger partial charge in [0.05, 0.1) is 0 Å². The second kappa shape index (κ2) is 8.90. The minimum absolute atomic E-state index is 0.0535. The molecule has 1 unspecified atom stereocenters. The predicted molar refractivity (Wildman–Crippen MR) is 103 cm³/mol. The van der Waals surface area contributed by atoms with Gasteiger partial charge < -0.3 is 0 Å². The molecule has 0 fully saturated rings. The molecule has 0 spiro atoms. The van der Waals surface area contributed by atoms with E-state index in [0.29, 0.717) is 17.9 Å². The Labute approximate surface area is 164 Å². The van der Waals surface area contributed by atoms with Gasteiger partial charge in [-0.15, -0.1) is 0 Å². The van der Waals surface area contributed by atoms with Crippen molar-refractivity contribution in [2.45, 2.75) is 13.0 Å². The van der Waals surface area contributed by atoms with Gasteiger partial charge >= 0.3 is 165 Å². The van der Waals surface area contributed by atoms with Gasteiger partial charge in [0.1, 0.15) is 0 Å². The molecule has 1 heterocycles. The Hall–Kier alpha value is -2.27. The molecule has 0 aromatic heterocycles. The third kappa shape index (κ3) is 4.47. The van der Waals surface area contributed by atoms with Crippen molar-refractivity contribution in [3.63, 3.8) is 0 Å². The standard InChI is InChI=1S/C21H19NO3.In/c1-4-15(3)20(23)19(16-10-7-6-8-11-16)22-18-13-9-12-17(14-18)21(24)25-5-2;/h1,3-4,6-14,19,22H,5H2,2H3;. The first-order valence-corrected chi connectivity index (χ1v) is 12.3. The summed E-state index contributed by atoms with van der Waals surface area (Å²) in [6.45, 7) is 2.10. The number of rotatable bonds is 7. The molecule has 0 saturated heterocycles. The number of ketones is 1. The maximum absolute atomic E-state index is 13.0. The summed E-state index contributed by atoms with van der Waals surface area (Å²) in [5.74, 6) is -0.314. The Morgan fingerprint density at radius 2 is 1.92 bits per heavy atom. The summed E-state index contributed by atoms with van der Waals surface area (Å²) in [6, 6.07) is 16.2. The zero-order valence-corrected chi connectivity index (χ0v) is 17.8. The SMILES string of the molecule is CCOC(=O)c1cccc(NC(C(=O)C2=[CH][In][CH]=C2)c2ccccc2)c1. The third-order valence-corrected chi connectivity index (χ3v) is 6.78. The second-order valence-electron chi connectivity index (χ2n) is 5.83. The van der Waals surface area contributed by atoms with E-state index in [0.717, 1.165) is 11.1 Å².